The van der Waals surface area contributed by atoms with Gasteiger partial charge in [-0.3, -0.25) is 10.1 Å². The third-order valence-electron chi connectivity index (χ3n) is 3.97. The topological polar surface area (TPSA) is 103 Å². The van der Waals surface area contributed by atoms with E-state index in [1.54, 1.807) is 24.3 Å². The fourth-order valence-corrected chi connectivity index (χ4v) is 2.69. The fourth-order valence-electron chi connectivity index (χ4n) is 2.69. The molecule has 1 aromatic carbocycles. The highest BCUT2D eigenvalue weighted by atomic mass is 16.6. The van der Waals surface area contributed by atoms with E-state index in [-0.39, 0.29) is 12.6 Å². The maximum Gasteiger partial charge on any atom is 0.344 e. The highest BCUT2D eigenvalue weighted by Gasteiger charge is 2.17. The van der Waals surface area contributed by atoms with Gasteiger partial charge in [-0.05, 0) is 25.0 Å². The lowest BCUT2D eigenvalue weighted by Crippen LogP contribution is -2.46. The summed E-state index contributed by atoms with van der Waals surface area (Å²) in [6, 6.07) is 6.37. The molecule has 3 amide bonds. The van der Waals surface area contributed by atoms with Crippen molar-refractivity contribution in [3.63, 3.8) is 0 Å². The first-order valence-corrected chi connectivity index (χ1v) is 8.60. The van der Waals surface area contributed by atoms with Crippen LogP contribution in [-0.4, -0.2) is 44.3 Å². The predicted octanol–water partition coefficient (Wildman–Crippen LogP) is 1.78. The average molecular weight is 364 g/mol. The van der Waals surface area contributed by atoms with Crippen LogP contribution in [0.25, 0.3) is 0 Å². The van der Waals surface area contributed by atoms with Crippen molar-refractivity contribution in [3.8, 4) is 11.5 Å². The highest BCUT2D eigenvalue weighted by Crippen LogP contribution is 2.25. The molecule has 1 saturated carbocycles. The zero-order valence-electron chi connectivity index (χ0n) is 14.8. The number of benzene rings is 1. The van der Waals surface area contributed by atoms with Crippen LogP contribution in [0.5, 0.6) is 11.5 Å². The van der Waals surface area contributed by atoms with Crippen LogP contribution in [0.1, 0.15) is 32.1 Å². The lowest BCUT2D eigenvalue weighted by atomic mass is 9.96. The van der Waals surface area contributed by atoms with Crippen LogP contribution in [0.15, 0.2) is 24.3 Å². The standard InChI is InChI=1S/C18H24N2O6/c1-24-14-9-5-6-10-15(14)25-12-17(22)26-11-16(21)20-18(23)19-13-7-3-2-4-8-13/h5-6,9-10,13H,2-4,7-8,11-12H2,1H3,(H2,19,20,21,23). The molecule has 0 heterocycles. The summed E-state index contributed by atoms with van der Waals surface area (Å²) in [7, 11) is 1.49. The van der Waals surface area contributed by atoms with E-state index in [0.29, 0.717) is 11.5 Å². The Kier molecular flexibility index (Phi) is 7.73. The Morgan fingerprint density at radius 3 is 2.42 bits per heavy atom. The number of nitrogens with one attached hydrogen (secondary N) is 2. The van der Waals surface area contributed by atoms with Gasteiger partial charge >= 0.3 is 12.0 Å². The molecule has 0 spiro atoms. The zero-order chi connectivity index (χ0) is 18.8. The van der Waals surface area contributed by atoms with Crippen LogP contribution in [0.3, 0.4) is 0 Å². The molecule has 1 aliphatic rings. The van der Waals surface area contributed by atoms with Gasteiger partial charge in [0.1, 0.15) is 0 Å². The number of para-hydroxylation sites is 2. The normalized spacial score (nSPS) is 14.2. The summed E-state index contributed by atoms with van der Waals surface area (Å²) in [5.74, 6) is -0.539. The third-order valence-corrected chi connectivity index (χ3v) is 3.97. The second kappa shape index (κ2) is 10.3. The van der Waals surface area contributed by atoms with Gasteiger partial charge in [-0.2, -0.15) is 0 Å². The highest BCUT2D eigenvalue weighted by molar-refractivity contribution is 5.95. The Bertz CT molecular complexity index is 628. The molecule has 0 aromatic heterocycles. The number of urea groups is 1. The van der Waals surface area contributed by atoms with Gasteiger partial charge < -0.3 is 19.5 Å². The van der Waals surface area contributed by atoms with E-state index in [1.165, 1.54) is 13.5 Å². The first kappa shape index (κ1) is 19.6. The van der Waals surface area contributed by atoms with Gasteiger partial charge in [-0.15, -0.1) is 0 Å². The molecule has 1 aliphatic carbocycles. The number of carbonyl (C=O) groups excluding carboxylic acids is 3. The summed E-state index contributed by atoms with van der Waals surface area (Å²) >= 11 is 0. The lowest BCUT2D eigenvalue weighted by molar-refractivity contribution is -0.150. The predicted molar refractivity (Wildman–Crippen MR) is 93.0 cm³/mol. The van der Waals surface area contributed by atoms with Crippen LogP contribution >= 0.6 is 0 Å². The van der Waals surface area contributed by atoms with E-state index < -0.39 is 24.5 Å². The summed E-state index contributed by atoms with van der Waals surface area (Å²) in [5.41, 5.74) is 0. The minimum absolute atomic E-state index is 0.0911. The molecule has 0 saturated heterocycles. The van der Waals surface area contributed by atoms with Crippen molar-refractivity contribution < 1.29 is 28.6 Å². The average Bonchev–Trinajstić information content (AvgIpc) is 2.65. The molecular weight excluding hydrogens is 340 g/mol. The maximum absolute atomic E-state index is 11.7. The molecule has 2 rings (SSSR count). The summed E-state index contributed by atoms with van der Waals surface area (Å²) in [4.78, 5) is 35.0. The van der Waals surface area contributed by atoms with Crippen molar-refractivity contribution in [3.05, 3.63) is 24.3 Å². The number of esters is 1. The van der Waals surface area contributed by atoms with E-state index in [9.17, 15) is 14.4 Å². The minimum Gasteiger partial charge on any atom is -0.493 e. The van der Waals surface area contributed by atoms with Gasteiger partial charge in [-0.1, -0.05) is 31.4 Å². The number of rotatable bonds is 7. The minimum atomic E-state index is -0.723. The van der Waals surface area contributed by atoms with E-state index in [2.05, 4.69) is 10.6 Å². The molecule has 0 atom stereocenters. The van der Waals surface area contributed by atoms with E-state index in [4.69, 9.17) is 14.2 Å². The molecule has 8 nitrogen and oxygen atoms in total. The quantitative estimate of drug-likeness (QED) is 0.715. The molecule has 8 heteroatoms. The van der Waals surface area contributed by atoms with Crippen LogP contribution in [0, 0.1) is 0 Å². The Morgan fingerprint density at radius 1 is 1.04 bits per heavy atom. The zero-order valence-corrected chi connectivity index (χ0v) is 14.8. The smallest absolute Gasteiger partial charge is 0.344 e. The van der Waals surface area contributed by atoms with Crippen LogP contribution in [0.2, 0.25) is 0 Å². The number of imide groups is 1. The van der Waals surface area contributed by atoms with Crippen LogP contribution < -0.4 is 20.1 Å². The van der Waals surface area contributed by atoms with E-state index in [0.717, 1.165) is 25.7 Å². The van der Waals surface area contributed by atoms with Crippen molar-refractivity contribution in [1.29, 1.82) is 0 Å². The summed E-state index contributed by atoms with van der Waals surface area (Å²) in [6.45, 7) is -0.922. The Labute approximate surface area is 152 Å². The molecule has 142 valence electrons. The fraction of sp³-hybridized carbons (Fsp3) is 0.500. The molecule has 1 aromatic rings. The second-order valence-electron chi connectivity index (χ2n) is 5.96. The van der Waals surface area contributed by atoms with Crippen molar-refractivity contribution in [2.45, 2.75) is 38.1 Å². The van der Waals surface area contributed by atoms with Crippen molar-refractivity contribution in [2.24, 2.45) is 0 Å². The van der Waals surface area contributed by atoms with Crippen molar-refractivity contribution in [2.75, 3.05) is 20.3 Å². The first-order valence-electron chi connectivity index (χ1n) is 8.60. The maximum atomic E-state index is 11.7. The molecule has 26 heavy (non-hydrogen) atoms. The van der Waals surface area contributed by atoms with Gasteiger partial charge in [0.15, 0.2) is 24.7 Å². The molecule has 0 aliphatic heterocycles. The molecule has 2 N–H and O–H groups in total. The van der Waals surface area contributed by atoms with Gasteiger partial charge in [0, 0.05) is 6.04 Å². The monoisotopic (exact) mass is 364 g/mol. The number of methoxy groups -OCH3 is 1. The Morgan fingerprint density at radius 2 is 1.73 bits per heavy atom. The van der Waals surface area contributed by atoms with E-state index >= 15 is 0 Å². The van der Waals surface area contributed by atoms with Crippen molar-refractivity contribution in [1.82, 2.24) is 10.6 Å². The number of ether oxygens (including phenoxy) is 3. The third kappa shape index (κ3) is 6.62. The molecular formula is C18H24N2O6. The second-order valence-corrected chi connectivity index (χ2v) is 5.96. The SMILES string of the molecule is COc1ccccc1OCC(=O)OCC(=O)NC(=O)NC1CCCCC1. The van der Waals surface area contributed by atoms with Gasteiger partial charge in [-0.25, -0.2) is 9.59 Å². The summed E-state index contributed by atoms with van der Waals surface area (Å²) in [6.07, 6.45) is 5.14. The first-order chi connectivity index (χ1) is 12.6. The molecule has 0 radical (unpaired) electrons. The molecule has 0 unspecified atom stereocenters. The summed E-state index contributed by atoms with van der Waals surface area (Å²) < 4.78 is 15.2. The van der Waals surface area contributed by atoms with Crippen molar-refractivity contribution >= 4 is 17.9 Å². The van der Waals surface area contributed by atoms with Crippen LogP contribution in [0.4, 0.5) is 4.79 Å². The Hall–Kier alpha value is -2.77. The Balaban J connectivity index is 1.64. The number of carbonyl (C=O) groups is 3. The van der Waals surface area contributed by atoms with Gasteiger partial charge in [0.05, 0.1) is 7.11 Å². The lowest BCUT2D eigenvalue weighted by Gasteiger charge is -2.22. The molecule has 0 bridgehead atoms. The van der Waals surface area contributed by atoms with Gasteiger partial charge in [0.25, 0.3) is 5.91 Å². The number of amides is 3. The molecule has 1 fully saturated rings. The number of hydrogen-bond donors (Lipinski definition) is 2. The van der Waals surface area contributed by atoms with E-state index in [1.807, 2.05) is 0 Å². The van der Waals surface area contributed by atoms with Gasteiger partial charge in [0.2, 0.25) is 0 Å². The summed E-state index contributed by atoms with van der Waals surface area (Å²) in [5, 5.41) is 4.89. The number of hydrogen-bond acceptors (Lipinski definition) is 6. The largest absolute Gasteiger partial charge is 0.493 e. The van der Waals surface area contributed by atoms with Crippen LogP contribution in [-0.2, 0) is 14.3 Å².